The van der Waals surface area contributed by atoms with Gasteiger partial charge in [-0.1, -0.05) is 0 Å². The molecule has 0 saturated carbocycles. The van der Waals surface area contributed by atoms with Gasteiger partial charge in [-0.3, -0.25) is 0 Å². The van der Waals surface area contributed by atoms with E-state index in [2.05, 4.69) is 0 Å². The van der Waals surface area contributed by atoms with Crippen LogP contribution in [0.5, 0.6) is 0 Å². The van der Waals surface area contributed by atoms with Crippen LogP contribution >= 0.6 is 0 Å². The summed E-state index contributed by atoms with van der Waals surface area (Å²) < 4.78 is 17.3. The fourth-order valence-electron chi connectivity index (χ4n) is 0.709. The first-order chi connectivity index (χ1) is 5.61. The van der Waals surface area contributed by atoms with E-state index < -0.39 is 11.8 Å². The van der Waals surface area contributed by atoms with Crippen LogP contribution in [0.25, 0.3) is 6.08 Å². The monoisotopic (exact) mass is 170 g/mol. The zero-order valence-electron chi connectivity index (χ0n) is 6.37. The molecule has 0 atom stereocenters. The van der Waals surface area contributed by atoms with E-state index in [1.165, 1.54) is 6.26 Å². The number of furan rings is 1. The molecule has 0 aliphatic rings. The van der Waals surface area contributed by atoms with Crippen molar-refractivity contribution in [3.8, 4) is 0 Å². The van der Waals surface area contributed by atoms with E-state index in [0.29, 0.717) is 5.56 Å². The van der Waals surface area contributed by atoms with Gasteiger partial charge >= 0.3 is 5.97 Å². The van der Waals surface area contributed by atoms with Crippen molar-refractivity contribution in [1.29, 1.82) is 0 Å². The quantitative estimate of drug-likeness (QED) is 0.690. The largest absolute Gasteiger partial charge is 0.476 e. The van der Waals surface area contributed by atoms with Gasteiger partial charge in [-0.25, -0.2) is 4.79 Å². The van der Waals surface area contributed by atoms with E-state index in [1.54, 1.807) is 13.0 Å². The second kappa shape index (κ2) is 3.21. The van der Waals surface area contributed by atoms with Crippen molar-refractivity contribution >= 4 is 12.0 Å². The zero-order valence-corrected chi connectivity index (χ0v) is 6.37. The van der Waals surface area contributed by atoms with Gasteiger partial charge < -0.3 is 9.52 Å². The van der Waals surface area contributed by atoms with Crippen LogP contribution in [0, 0.1) is 6.92 Å². The standard InChI is InChI=1S/C8H7FO3/c1-5-2-3-12-7(5)4-6(9)8(10)11/h2-4H,1H3,(H,10,11)/b6-4+. The van der Waals surface area contributed by atoms with Crippen LogP contribution in [-0.2, 0) is 4.79 Å². The number of carbonyl (C=O) groups is 1. The topological polar surface area (TPSA) is 50.4 Å². The van der Waals surface area contributed by atoms with Crippen LogP contribution in [0.4, 0.5) is 4.39 Å². The van der Waals surface area contributed by atoms with Gasteiger partial charge in [0.25, 0.3) is 0 Å². The van der Waals surface area contributed by atoms with Gasteiger partial charge in [0.05, 0.1) is 6.26 Å². The van der Waals surface area contributed by atoms with Crippen molar-refractivity contribution in [2.75, 3.05) is 0 Å². The summed E-state index contributed by atoms with van der Waals surface area (Å²) in [7, 11) is 0. The molecule has 1 aromatic rings. The molecule has 0 amide bonds. The predicted octanol–water partition coefficient (Wildman–Crippen LogP) is 1.98. The van der Waals surface area contributed by atoms with Crippen LogP contribution in [-0.4, -0.2) is 11.1 Å². The highest BCUT2D eigenvalue weighted by molar-refractivity contribution is 5.89. The SMILES string of the molecule is Cc1ccoc1/C=C(/F)C(=O)O. The predicted molar refractivity (Wildman–Crippen MR) is 40.2 cm³/mol. The van der Waals surface area contributed by atoms with Gasteiger partial charge in [-0.05, 0) is 18.6 Å². The lowest BCUT2D eigenvalue weighted by atomic mass is 10.2. The highest BCUT2D eigenvalue weighted by Crippen LogP contribution is 2.13. The lowest BCUT2D eigenvalue weighted by Gasteiger charge is -1.88. The molecule has 0 saturated heterocycles. The van der Waals surface area contributed by atoms with Gasteiger partial charge in [0.15, 0.2) is 0 Å². The van der Waals surface area contributed by atoms with E-state index in [4.69, 9.17) is 9.52 Å². The molecule has 0 bridgehead atoms. The van der Waals surface area contributed by atoms with Gasteiger partial charge in [0.1, 0.15) is 5.76 Å². The number of hydrogen-bond acceptors (Lipinski definition) is 2. The van der Waals surface area contributed by atoms with E-state index in [0.717, 1.165) is 6.08 Å². The third-order valence-corrected chi connectivity index (χ3v) is 1.36. The minimum atomic E-state index is -1.59. The molecule has 1 N–H and O–H groups in total. The highest BCUT2D eigenvalue weighted by Gasteiger charge is 2.07. The Balaban J connectivity index is 2.95. The normalized spacial score (nSPS) is 11.7. The van der Waals surface area contributed by atoms with Crippen molar-refractivity contribution in [3.63, 3.8) is 0 Å². The molecule has 0 aliphatic heterocycles. The molecule has 64 valence electrons. The molecule has 12 heavy (non-hydrogen) atoms. The van der Waals surface area contributed by atoms with E-state index in [-0.39, 0.29) is 5.76 Å². The third-order valence-electron chi connectivity index (χ3n) is 1.36. The average Bonchev–Trinajstić information content (AvgIpc) is 2.36. The van der Waals surface area contributed by atoms with Crippen LogP contribution in [0.3, 0.4) is 0 Å². The molecule has 3 nitrogen and oxygen atoms in total. The first-order valence-electron chi connectivity index (χ1n) is 3.26. The van der Waals surface area contributed by atoms with E-state index in [1.807, 2.05) is 0 Å². The minimum Gasteiger partial charge on any atom is -0.476 e. The van der Waals surface area contributed by atoms with Crippen molar-refractivity contribution in [2.45, 2.75) is 6.92 Å². The summed E-state index contributed by atoms with van der Waals surface area (Å²) in [5.74, 6) is -2.59. The first-order valence-corrected chi connectivity index (χ1v) is 3.26. The Morgan fingerprint density at radius 3 is 2.83 bits per heavy atom. The summed E-state index contributed by atoms with van der Waals surface area (Å²) in [4.78, 5) is 10.1. The highest BCUT2D eigenvalue weighted by atomic mass is 19.1. The molecule has 1 rings (SSSR count). The van der Waals surface area contributed by atoms with Crippen LogP contribution in [0.2, 0.25) is 0 Å². The number of aryl methyl sites for hydroxylation is 1. The average molecular weight is 170 g/mol. The number of carboxylic acid groups (broad SMARTS) is 1. The summed E-state index contributed by atoms with van der Waals surface area (Å²) in [5, 5.41) is 8.19. The minimum absolute atomic E-state index is 0.231. The van der Waals surface area contributed by atoms with Gasteiger partial charge in [-0.2, -0.15) is 4.39 Å². The van der Waals surface area contributed by atoms with Crippen LogP contribution < -0.4 is 0 Å². The Morgan fingerprint density at radius 1 is 1.75 bits per heavy atom. The summed E-state index contributed by atoms with van der Waals surface area (Å²) in [5.41, 5.74) is 0.700. The van der Waals surface area contributed by atoms with Crippen LogP contribution in [0.1, 0.15) is 11.3 Å². The van der Waals surface area contributed by atoms with Gasteiger partial charge in [0, 0.05) is 6.08 Å². The van der Waals surface area contributed by atoms with E-state index in [9.17, 15) is 9.18 Å². The number of aliphatic carboxylic acids is 1. The molecular formula is C8H7FO3. The van der Waals surface area contributed by atoms with Gasteiger partial charge in [0.2, 0.25) is 5.83 Å². The van der Waals surface area contributed by atoms with Crippen LogP contribution in [0.15, 0.2) is 22.6 Å². The first kappa shape index (κ1) is 8.52. The Labute approximate surface area is 68.1 Å². The molecule has 0 aromatic carbocycles. The van der Waals surface area contributed by atoms with E-state index >= 15 is 0 Å². The van der Waals surface area contributed by atoms with Crippen molar-refractivity contribution in [1.82, 2.24) is 0 Å². The maximum absolute atomic E-state index is 12.5. The molecule has 0 fully saturated rings. The third kappa shape index (κ3) is 1.72. The lowest BCUT2D eigenvalue weighted by molar-refractivity contribution is -0.134. The van der Waals surface area contributed by atoms with Crippen molar-refractivity contribution < 1.29 is 18.7 Å². The number of carboxylic acids is 1. The molecule has 1 heterocycles. The maximum Gasteiger partial charge on any atom is 0.364 e. The molecule has 0 unspecified atom stereocenters. The Morgan fingerprint density at radius 2 is 2.42 bits per heavy atom. The Kier molecular flexibility index (Phi) is 2.28. The van der Waals surface area contributed by atoms with Gasteiger partial charge in [-0.15, -0.1) is 0 Å². The molecular weight excluding hydrogens is 163 g/mol. The number of hydrogen-bond donors (Lipinski definition) is 1. The molecule has 4 heteroatoms. The molecule has 0 radical (unpaired) electrons. The van der Waals surface area contributed by atoms with Crippen molar-refractivity contribution in [2.24, 2.45) is 0 Å². The van der Waals surface area contributed by atoms with Crippen molar-refractivity contribution in [3.05, 3.63) is 29.5 Å². The number of rotatable bonds is 2. The second-order valence-corrected chi connectivity index (χ2v) is 2.27. The number of halogens is 1. The lowest BCUT2D eigenvalue weighted by Crippen LogP contribution is -1.93. The smallest absolute Gasteiger partial charge is 0.364 e. The molecule has 1 aromatic heterocycles. The summed E-state index contributed by atoms with van der Waals surface area (Å²) in [6.45, 7) is 1.70. The Hall–Kier alpha value is -1.58. The summed E-state index contributed by atoms with van der Waals surface area (Å²) in [6, 6.07) is 1.63. The Bertz CT molecular complexity index is 325. The fourth-order valence-corrected chi connectivity index (χ4v) is 0.709. The zero-order chi connectivity index (χ0) is 9.14. The molecule has 0 aliphatic carbocycles. The fraction of sp³-hybridized carbons (Fsp3) is 0.125. The second-order valence-electron chi connectivity index (χ2n) is 2.27. The molecule has 0 spiro atoms. The maximum atomic E-state index is 12.5. The summed E-state index contributed by atoms with van der Waals surface area (Å²) in [6.07, 6.45) is 2.22. The summed E-state index contributed by atoms with van der Waals surface area (Å²) >= 11 is 0.